The number of aryl methyl sites for hydroxylation is 2. The molecule has 3 rings (SSSR count). The zero-order chi connectivity index (χ0) is 25.8. The van der Waals surface area contributed by atoms with E-state index in [1.165, 1.54) is 19.2 Å². The molecule has 9 heteroatoms. The Morgan fingerprint density at radius 2 is 1.69 bits per heavy atom. The Hall–Kier alpha value is -3.23. The van der Waals surface area contributed by atoms with E-state index in [0.717, 1.165) is 9.87 Å². The molecule has 3 aromatic rings. The maximum atomic E-state index is 13.6. The highest BCUT2D eigenvalue weighted by Crippen LogP contribution is 2.31. The van der Waals surface area contributed by atoms with Crippen molar-refractivity contribution in [3.8, 4) is 11.5 Å². The van der Waals surface area contributed by atoms with Gasteiger partial charge in [0.2, 0.25) is 5.91 Å². The zero-order valence-corrected chi connectivity index (χ0v) is 21.9. The minimum Gasteiger partial charge on any atom is -0.497 e. The van der Waals surface area contributed by atoms with E-state index in [2.05, 4.69) is 5.32 Å². The number of hydrogen-bond acceptors (Lipinski definition) is 5. The lowest BCUT2D eigenvalue weighted by atomic mass is 10.1. The first-order valence-electron chi connectivity index (χ1n) is 10.9. The fourth-order valence-corrected chi connectivity index (χ4v) is 5.31. The summed E-state index contributed by atoms with van der Waals surface area (Å²) in [5.74, 6) is 0.700. The van der Waals surface area contributed by atoms with Crippen molar-refractivity contribution in [1.29, 1.82) is 0 Å². The van der Waals surface area contributed by atoms with Crippen LogP contribution < -0.4 is 19.1 Å². The van der Waals surface area contributed by atoms with Crippen molar-refractivity contribution < 1.29 is 22.7 Å². The standard InChI is InChI=1S/C26H29ClN2O5S/c1-17-6-11-22(12-7-17)35(31,32)29(24-14-20(27)9-8-18(24)2)16-26(30)28-19(3)23-15-21(33-4)10-13-25(23)34-5/h6-15,19H,16H2,1-5H3,(H,28,30). The first-order valence-corrected chi connectivity index (χ1v) is 12.8. The second-order valence-electron chi connectivity index (χ2n) is 8.15. The number of nitrogens with one attached hydrogen (secondary N) is 1. The maximum absolute atomic E-state index is 13.6. The van der Waals surface area contributed by atoms with E-state index < -0.39 is 28.5 Å². The third-order valence-electron chi connectivity index (χ3n) is 5.62. The zero-order valence-electron chi connectivity index (χ0n) is 20.3. The van der Waals surface area contributed by atoms with Gasteiger partial charge in [-0.05, 0) is 68.8 Å². The minimum atomic E-state index is -4.06. The lowest BCUT2D eigenvalue weighted by Crippen LogP contribution is -2.42. The number of ether oxygens (including phenoxy) is 2. The number of carbonyl (C=O) groups excluding carboxylic acids is 1. The number of sulfonamides is 1. The maximum Gasteiger partial charge on any atom is 0.264 e. The molecule has 186 valence electrons. The number of rotatable bonds is 9. The van der Waals surface area contributed by atoms with Crippen molar-refractivity contribution in [3.63, 3.8) is 0 Å². The van der Waals surface area contributed by atoms with E-state index in [1.54, 1.807) is 69.5 Å². The summed E-state index contributed by atoms with van der Waals surface area (Å²) >= 11 is 6.19. The summed E-state index contributed by atoms with van der Waals surface area (Å²) in [6, 6.07) is 16.2. The molecular weight excluding hydrogens is 488 g/mol. The van der Waals surface area contributed by atoms with Crippen molar-refractivity contribution in [2.45, 2.75) is 31.7 Å². The number of hydrogen-bond donors (Lipinski definition) is 1. The van der Waals surface area contributed by atoms with Crippen LogP contribution in [0.5, 0.6) is 11.5 Å². The average Bonchev–Trinajstić information content (AvgIpc) is 2.83. The summed E-state index contributed by atoms with van der Waals surface area (Å²) in [5.41, 5.74) is 2.63. The van der Waals surface area contributed by atoms with E-state index in [1.807, 2.05) is 6.92 Å². The monoisotopic (exact) mass is 516 g/mol. The molecule has 0 bridgehead atoms. The second-order valence-corrected chi connectivity index (χ2v) is 10.5. The molecule has 0 aliphatic carbocycles. The molecule has 1 N–H and O–H groups in total. The number of amides is 1. The first kappa shape index (κ1) is 26.4. The van der Waals surface area contributed by atoms with Crippen LogP contribution in [0.15, 0.2) is 65.6 Å². The third-order valence-corrected chi connectivity index (χ3v) is 7.63. The summed E-state index contributed by atoms with van der Waals surface area (Å²) in [5, 5.41) is 3.24. The third kappa shape index (κ3) is 6.07. The van der Waals surface area contributed by atoms with E-state index in [-0.39, 0.29) is 4.90 Å². The van der Waals surface area contributed by atoms with Crippen LogP contribution in [0.3, 0.4) is 0 Å². The van der Waals surface area contributed by atoms with E-state index in [9.17, 15) is 13.2 Å². The Labute approximate surface area is 211 Å². The Morgan fingerprint density at radius 3 is 2.31 bits per heavy atom. The number of methoxy groups -OCH3 is 2. The van der Waals surface area contributed by atoms with Crippen LogP contribution in [0.2, 0.25) is 5.02 Å². The summed E-state index contributed by atoms with van der Waals surface area (Å²) in [4.78, 5) is 13.3. The number of nitrogens with zero attached hydrogens (tertiary/aromatic N) is 1. The normalized spacial score (nSPS) is 12.1. The Bertz CT molecular complexity index is 1310. The Morgan fingerprint density at radius 1 is 1.00 bits per heavy atom. The van der Waals surface area contributed by atoms with Gasteiger partial charge in [0.1, 0.15) is 18.0 Å². The molecule has 0 spiro atoms. The molecule has 1 unspecified atom stereocenters. The molecule has 0 radical (unpaired) electrons. The number of carbonyl (C=O) groups is 1. The van der Waals surface area contributed by atoms with Gasteiger partial charge in [0.25, 0.3) is 10.0 Å². The molecule has 0 aliphatic rings. The van der Waals surface area contributed by atoms with Gasteiger partial charge in [-0.1, -0.05) is 35.4 Å². The van der Waals surface area contributed by atoms with Gasteiger partial charge in [-0.25, -0.2) is 8.42 Å². The van der Waals surface area contributed by atoms with Crippen molar-refractivity contribution in [2.24, 2.45) is 0 Å². The van der Waals surface area contributed by atoms with Crippen LogP contribution >= 0.6 is 11.6 Å². The summed E-state index contributed by atoms with van der Waals surface area (Å²) in [6.07, 6.45) is 0. The summed E-state index contributed by atoms with van der Waals surface area (Å²) in [7, 11) is -0.969. The van der Waals surface area contributed by atoms with Gasteiger partial charge in [-0.3, -0.25) is 9.10 Å². The van der Waals surface area contributed by atoms with E-state index in [0.29, 0.717) is 33.3 Å². The predicted molar refractivity (Wildman–Crippen MR) is 138 cm³/mol. The van der Waals surface area contributed by atoms with Crippen LogP contribution in [0.1, 0.15) is 29.7 Å². The van der Waals surface area contributed by atoms with Gasteiger partial charge in [-0.15, -0.1) is 0 Å². The van der Waals surface area contributed by atoms with Crippen molar-refractivity contribution in [1.82, 2.24) is 5.32 Å². The lowest BCUT2D eigenvalue weighted by Gasteiger charge is -2.27. The minimum absolute atomic E-state index is 0.0813. The molecule has 0 aliphatic heterocycles. The quantitative estimate of drug-likeness (QED) is 0.430. The molecule has 0 heterocycles. The lowest BCUT2D eigenvalue weighted by molar-refractivity contribution is -0.120. The van der Waals surface area contributed by atoms with Crippen LogP contribution in [0.4, 0.5) is 5.69 Å². The van der Waals surface area contributed by atoms with Gasteiger partial charge in [0.05, 0.1) is 30.8 Å². The number of anilines is 1. The van der Waals surface area contributed by atoms with Crippen molar-refractivity contribution in [2.75, 3.05) is 25.1 Å². The summed E-state index contributed by atoms with van der Waals surface area (Å²) < 4.78 is 39.1. The van der Waals surface area contributed by atoms with Crippen LogP contribution in [0, 0.1) is 13.8 Å². The molecular formula is C26H29ClN2O5S. The van der Waals surface area contributed by atoms with Crippen molar-refractivity contribution >= 4 is 33.2 Å². The predicted octanol–water partition coefficient (Wildman–Crippen LogP) is 5.05. The fourth-order valence-electron chi connectivity index (χ4n) is 3.66. The van der Waals surface area contributed by atoms with E-state index >= 15 is 0 Å². The average molecular weight is 517 g/mol. The highest BCUT2D eigenvalue weighted by molar-refractivity contribution is 7.92. The molecule has 0 fully saturated rings. The fraction of sp³-hybridized carbons (Fsp3) is 0.269. The molecule has 0 aromatic heterocycles. The highest BCUT2D eigenvalue weighted by Gasteiger charge is 2.29. The molecule has 0 saturated heterocycles. The topological polar surface area (TPSA) is 84.9 Å². The van der Waals surface area contributed by atoms with Gasteiger partial charge < -0.3 is 14.8 Å². The van der Waals surface area contributed by atoms with Gasteiger partial charge in [-0.2, -0.15) is 0 Å². The van der Waals surface area contributed by atoms with Gasteiger partial charge >= 0.3 is 0 Å². The number of benzene rings is 3. The van der Waals surface area contributed by atoms with Crippen LogP contribution in [-0.4, -0.2) is 35.1 Å². The summed E-state index contributed by atoms with van der Waals surface area (Å²) in [6.45, 7) is 4.99. The molecule has 7 nitrogen and oxygen atoms in total. The SMILES string of the molecule is COc1ccc(OC)c(C(C)NC(=O)CN(c2cc(Cl)ccc2C)S(=O)(=O)c2ccc(C)cc2)c1. The van der Waals surface area contributed by atoms with Crippen molar-refractivity contribution in [3.05, 3.63) is 82.4 Å². The molecule has 3 aromatic carbocycles. The second kappa shape index (κ2) is 11.0. The largest absolute Gasteiger partial charge is 0.497 e. The first-order chi connectivity index (χ1) is 16.6. The Balaban J connectivity index is 1.96. The van der Waals surface area contributed by atoms with Crippen LogP contribution in [0.25, 0.3) is 0 Å². The molecule has 0 saturated carbocycles. The molecule has 35 heavy (non-hydrogen) atoms. The van der Waals surface area contributed by atoms with Gasteiger partial charge in [0, 0.05) is 10.6 Å². The Kier molecular flexibility index (Phi) is 8.30. The van der Waals surface area contributed by atoms with E-state index in [4.69, 9.17) is 21.1 Å². The highest BCUT2D eigenvalue weighted by atomic mass is 35.5. The van der Waals surface area contributed by atoms with Crippen LogP contribution in [-0.2, 0) is 14.8 Å². The number of halogens is 1. The van der Waals surface area contributed by atoms with Gasteiger partial charge in [0.15, 0.2) is 0 Å². The molecule has 1 atom stereocenters. The molecule has 1 amide bonds. The smallest absolute Gasteiger partial charge is 0.264 e.